The second kappa shape index (κ2) is 6.91. The fourth-order valence-electron chi connectivity index (χ4n) is 2.73. The highest BCUT2D eigenvalue weighted by molar-refractivity contribution is 6.05. The van der Waals surface area contributed by atoms with E-state index < -0.39 is 0 Å². The quantitative estimate of drug-likeness (QED) is 0.585. The van der Waals surface area contributed by atoms with Gasteiger partial charge in [0.2, 0.25) is 5.95 Å². The van der Waals surface area contributed by atoms with Crippen LogP contribution in [0, 0.1) is 13.8 Å². The van der Waals surface area contributed by atoms with E-state index in [-0.39, 0.29) is 12.5 Å². The van der Waals surface area contributed by atoms with Gasteiger partial charge in [0.1, 0.15) is 18.1 Å². The van der Waals surface area contributed by atoms with Crippen molar-refractivity contribution in [3.05, 3.63) is 71.2 Å². The van der Waals surface area contributed by atoms with Crippen LogP contribution in [0.4, 0.5) is 5.95 Å². The Kier molecular flexibility index (Phi) is 4.29. The van der Waals surface area contributed by atoms with Crippen LogP contribution in [0.3, 0.4) is 0 Å². The zero-order chi connectivity index (χ0) is 18.8. The van der Waals surface area contributed by atoms with E-state index in [2.05, 4.69) is 20.7 Å². The maximum Gasteiger partial charge on any atom is 0.261 e. The number of benzene rings is 1. The Hall–Kier alpha value is -3.68. The van der Waals surface area contributed by atoms with Gasteiger partial charge in [-0.2, -0.15) is 0 Å². The minimum atomic E-state index is -0.331. The molecule has 0 fully saturated rings. The van der Waals surface area contributed by atoms with Crippen molar-refractivity contribution in [2.24, 2.45) is 0 Å². The van der Waals surface area contributed by atoms with E-state index in [1.807, 2.05) is 38.1 Å². The average molecular weight is 363 g/mol. The van der Waals surface area contributed by atoms with Crippen molar-refractivity contribution in [1.29, 1.82) is 0 Å². The van der Waals surface area contributed by atoms with Crippen molar-refractivity contribution in [2.75, 3.05) is 5.32 Å². The molecule has 1 N–H and O–H groups in total. The smallest absolute Gasteiger partial charge is 0.261 e. The summed E-state index contributed by atoms with van der Waals surface area (Å²) in [6.07, 6.45) is 1.78. The first-order valence-electron chi connectivity index (χ1n) is 8.38. The number of carbonyl (C=O) groups is 1. The molecule has 0 saturated carbocycles. The van der Waals surface area contributed by atoms with Crippen molar-refractivity contribution in [3.8, 4) is 5.75 Å². The molecule has 27 heavy (non-hydrogen) atoms. The topological polar surface area (TPSA) is 94.5 Å². The SMILES string of the molecule is Cc1noc(C)c1COc1ccccc1C(=O)Nc1nnc2ccccn12. The summed E-state index contributed by atoms with van der Waals surface area (Å²) in [6, 6.07) is 12.5. The molecule has 0 atom stereocenters. The van der Waals surface area contributed by atoms with Crippen molar-refractivity contribution < 1.29 is 14.1 Å². The van der Waals surface area contributed by atoms with Gasteiger partial charge in [-0.3, -0.25) is 14.5 Å². The Morgan fingerprint density at radius 1 is 1.15 bits per heavy atom. The zero-order valence-electron chi connectivity index (χ0n) is 14.8. The van der Waals surface area contributed by atoms with Crippen LogP contribution < -0.4 is 10.1 Å². The van der Waals surface area contributed by atoms with Gasteiger partial charge in [0.15, 0.2) is 5.65 Å². The lowest BCUT2D eigenvalue weighted by Crippen LogP contribution is -2.15. The van der Waals surface area contributed by atoms with E-state index in [0.717, 1.165) is 11.3 Å². The number of hydrogen-bond donors (Lipinski definition) is 1. The third kappa shape index (κ3) is 3.24. The van der Waals surface area contributed by atoms with Gasteiger partial charge < -0.3 is 9.26 Å². The van der Waals surface area contributed by atoms with E-state index in [0.29, 0.717) is 28.7 Å². The molecule has 136 valence electrons. The van der Waals surface area contributed by atoms with E-state index in [4.69, 9.17) is 9.26 Å². The first-order chi connectivity index (χ1) is 13.1. The summed E-state index contributed by atoms with van der Waals surface area (Å²) in [6.45, 7) is 3.94. The number of rotatable bonds is 5. The van der Waals surface area contributed by atoms with Gasteiger partial charge in [-0.1, -0.05) is 23.4 Å². The monoisotopic (exact) mass is 363 g/mol. The number of hydrogen-bond acceptors (Lipinski definition) is 6. The number of pyridine rings is 1. The van der Waals surface area contributed by atoms with Crippen LogP contribution in [0.1, 0.15) is 27.4 Å². The Morgan fingerprint density at radius 2 is 1.96 bits per heavy atom. The number of nitrogens with zero attached hydrogens (tertiary/aromatic N) is 4. The molecule has 0 unspecified atom stereocenters. The number of aryl methyl sites for hydroxylation is 2. The number of carbonyl (C=O) groups excluding carboxylic acids is 1. The predicted octanol–water partition coefficient (Wildman–Crippen LogP) is 3.17. The number of fused-ring (bicyclic) bond motifs is 1. The van der Waals surface area contributed by atoms with E-state index in [9.17, 15) is 4.79 Å². The maximum atomic E-state index is 12.8. The predicted molar refractivity (Wildman–Crippen MR) is 97.7 cm³/mol. The fraction of sp³-hybridized carbons (Fsp3) is 0.158. The van der Waals surface area contributed by atoms with Gasteiger partial charge in [-0.25, -0.2) is 0 Å². The van der Waals surface area contributed by atoms with Crippen LogP contribution >= 0.6 is 0 Å². The van der Waals surface area contributed by atoms with Crippen LogP contribution in [0.25, 0.3) is 5.65 Å². The highest BCUT2D eigenvalue weighted by Crippen LogP contribution is 2.22. The van der Waals surface area contributed by atoms with Crippen molar-refractivity contribution in [2.45, 2.75) is 20.5 Å². The van der Waals surface area contributed by atoms with Gasteiger partial charge in [0, 0.05) is 6.20 Å². The fourth-order valence-corrected chi connectivity index (χ4v) is 2.73. The summed E-state index contributed by atoms with van der Waals surface area (Å²) in [5, 5.41) is 14.7. The van der Waals surface area contributed by atoms with Crippen molar-refractivity contribution >= 4 is 17.5 Å². The largest absolute Gasteiger partial charge is 0.488 e. The zero-order valence-corrected chi connectivity index (χ0v) is 14.8. The molecule has 0 saturated heterocycles. The summed E-state index contributed by atoms with van der Waals surface area (Å²) in [7, 11) is 0. The van der Waals surface area contributed by atoms with Crippen LogP contribution in [0.2, 0.25) is 0 Å². The molecule has 8 heteroatoms. The van der Waals surface area contributed by atoms with Crippen LogP contribution in [0.15, 0.2) is 53.2 Å². The number of aromatic nitrogens is 4. The molecule has 0 aliphatic heterocycles. The molecular formula is C19H17N5O3. The van der Waals surface area contributed by atoms with Gasteiger partial charge in [-0.05, 0) is 38.1 Å². The highest BCUT2D eigenvalue weighted by atomic mass is 16.5. The standard InChI is InChI=1S/C19H17N5O3/c1-12-15(13(2)27-23-12)11-26-16-8-4-3-7-14(16)18(25)20-19-22-21-17-9-5-6-10-24(17)19/h3-10H,11H2,1-2H3,(H,20,22,25). The molecule has 0 spiro atoms. The van der Waals surface area contributed by atoms with E-state index in [1.54, 1.807) is 28.8 Å². The molecule has 4 rings (SSSR count). The van der Waals surface area contributed by atoms with E-state index >= 15 is 0 Å². The van der Waals surface area contributed by atoms with Crippen molar-refractivity contribution in [1.82, 2.24) is 19.8 Å². The number of ether oxygens (including phenoxy) is 1. The van der Waals surface area contributed by atoms with Crippen LogP contribution in [0.5, 0.6) is 5.75 Å². The van der Waals surface area contributed by atoms with Gasteiger partial charge in [0.05, 0.1) is 16.8 Å². The van der Waals surface area contributed by atoms with Gasteiger partial charge in [0.25, 0.3) is 5.91 Å². The first-order valence-corrected chi connectivity index (χ1v) is 8.38. The third-order valence-electron chi connectivity index (χ3n) is 4.22. The lowest BCUT2D eigenvalue weighted by molar-refractivity contribution is 0.102. The Balaban J connectivity index is 1.56. The molecule has 3 aromatic heterocycles. The normalized spacial score (nSPS) is 10.9. The number of para-hydroxylation sites is 1. The summed E-state index contributed by atoms with van der Waals surface area (Å²) in [5.74, 6) is 1.17. The summed E-state index contributed by atoms with van der Waals surface area (Å²) in [4.78, 5) is 12.8. The van der Waals surface area contributed by atoms with E-state index in [1.165, 1.54) is 0 Å². The molecule has 0 aliphatic carbocycles. The minimum absolute atomic E-state index is 0.263. The average Bonchev–Trinajstić information content (AvgIpc) is 3.24. The first kappa shape index (κ1) is 16.8. The molecule has 4 aromatic rings. The summed E-state index contributed by atoms with van der Waals surface area (Å²) >= 11 is 0. The molecule has 1 aromatic carbocycles. The van der Waals surface area contributed by atoms with Gasteiger partial charge >= 0.3 is 0 Å². The van der Waals surface area contributed by atoms with Gasteiger partial charge in [-0.15, -0.1) is 10.2 Å². The van der Waals surface area contributed by atoms with Crippen LogP contribution in [-0.4, -0.2) is 25.7 Å². The second-order valence-electron chi connectivity index (χ2n) is 5.99. The molecule has 0 aliphatic rings. The lowest BCUT2D eigenvalue weighted by Gasteiger charge is -2.11. The Labute approximate surface area is 154 Å². The molecular weight excluding hydrogens is 346 g/mol. The Morgan fingerprint density at radius 3 is 2.78 bits per heavy atom. The molecule has 3 heterocycles. The van der Waals surface area contributed by atoms with Crippen LogP contribution in [-0.2, 0) is 6.61 Å². The molecule has 8 nitrogen and oxygen atoms in total. The molecule has 0 bridgehead atoms. The Bertz CT molecular complexity index is 1100. The minimum Gasteiger partial charge on any atom is -0.488 e. The molecule has 1 amide bonds. The maximum absolute atomic E-state index is 12.8. The lowest BCUT2D eigenvalue weighted by atomic mass is 10.2. The third-order valence-corrected chi connectivity index (χ3v) is 4.22. The number of anilines is 1. The number of amides is 1. The summed E-state index contributed by atoms with van der Waals surface area (Å²) in [5.41, 5.74) is 2.69. The highest BCUT2D eigenvalue weighted by Gasteiger charge is 2.17. The summed E-state index contributed by atoms with van der Waals surface area (Å²) < 4.78 is 12.7. The van der Waals surface area contributed by atoms with Crippen molar-refractivity contribution in [3.63, 3.8) is 0 Å². The second-order valence-corrected chi connectivity index (χ2v) is 5.99. The number of nitrogens with one attached hydrogen (secondary N) is 1. The molecule has 0 radical (unpaired) electrons.